The first kappa shape index (κ1) is 9.48. The Labute approximate surface area is 72.4 Å². The molecule has 1 heterocycles. The summed E-state index contributed by atoms with van der Waals surface area (Å²) < 4.78 is 9.84. The lowest BCUT2D eigenvalue weighted by Gasteiger charge is -2.25. The standard InChI is InChI=1S/C8H14NO3/c1-2-12-8(10)7-9-3-5-11-6-4-9/h2H,3-7H2,1H3. The lowest BCUT2D eigenvalue weighted by Crippen LogP contribution is -2.39. The van der Waals surface area contributed by atoms with Crippen molar-refractivity contribution in [3.63, 3.8) is 0 Å². The van der Waals surface area contributed by atoms with Crippen LogP contribution in [0.15, 0.2) is 0 Å². The van der Waals surface area contributed by atoms with Crippen molar-refractivity contribution in [1.82, 2.24) is 4.90 Å². The van der Waals surface area contributed by atoms with Gasteiger partial charge in [0.15, 0.2) is 0 Å². The summed E-state index contributed by atoms with van der Waals surface area (Å²) in [5.74, 6) is -0.195. The van der Waals surface area contributed by atoms with Crippen LogP contribution in [-0.2, 0) is 14.3 Å². The summed E-state index contributed by atoms with van der Waals surface area (Å²) in [6.45, 7) is 6.53. The lowest BCUT2D eigenvalue weighted by molar-refractivity contribution is -0.142. The molecule has 1 saturated heterocycles. The third-order valence-corrected chi connectivity index (χ3v) is 1.71. The highest BCUT2D eigenvalue weighted by Crippen LogP contribution is 1.96. The first-order valence-electron chi connectivity index (χ1n) is 4.10. The van der Waals surface area contributed by atoms with Crippen molar-refractivity contribution in [2.75, 3.05) is 32.8 Å². The number of morpholine rings is 1. The van der Waals surface area contributed by atoms with Gasteiger partial charge in [0.1, 0.15) is 6.61 Å². The van der Waals surface area contributed by atoms with Crippen LogP contribution in [0.1, 0.15) is 6.92 Å². The molecule has 1 fully saturated rings. The highest BCUT2D eigenvalue weighted by atomic mass is 16.5. The van der Waals surface area contributed by atoms with E-state index in [4.69, 9.17) is 9.47 Å². The molecule has 0 amide bonds. The Hall–Kier alpha value is -0.610. The smallest absolute Gasteiger partial charge is 0.320 e. The molecule has 4 nitrogen and oxygen atoms in total. The van der Waals surface area contributed by atoms with Crippen LogP contribution in [-0.4, -0.2) is 43.7 Å². The molecule has 0 spiro atoms. The molecule has 0 unspecified atom stereocenters. The van der Waals surface area contributed by atoms with Crippen LogP contribution in [0, 0.1) is 6.61 Å². The fourth-order valence-electron chi connectivity index (χ4n) is 1.11. The Morgan fingerprint density at radius 2 is 2.25 bits per heavy atom. The second kappa shape index (κ2) is 5.11. The second-order valence-corrected chi connectivity index (χ2v) is 2.61. The summed E-state index contributed by atoms with van der Waals surface area (Å²) >= 11 is 0. The Morgan fingerprint density at radius 3 is 2.83 bits per heavy atom. The zero-order chi connectivity index (χ0) is 8.81. The van der Waals surface area contributed by atoms with Crippen LogP contribution in [0.2, 0.25) is 0 Å². The molecule has 0 aliphatic carbocycles. The number of hydrogen-bond acceptors (Lipinski definition) is 4. The number of rotatable bonds is 3. The number of nitrogens with zero attached hydrogens (tertiary/aromatic N) is 1. The molecule has 0 atom stereocenters. The minimum atomic E-state index is -0.195. The molecular formula is C8H14NO3. The summed E-state index contributed by atoms with van der Waals surface area (Å²) in [7, 11) is 0. The van der Waals surface area contributed by atoms with Crippen LogP contribution in [0.25, 0.3) is 0 Å². The minimum Gasteiger partial charge on any atom is -0.458 e. The molecular weight excluding hydrogens is 158 g/mol. The summed E-state index contributed by atoms with van der Waals surface area (Å²) in [6, 6.07) is 0. The highest BCUT2D eigenvalue weighted by Gasteiger charge is 2.14. The van der Waals surface area contributed by atoms with Crippen LogP contribution < -0.4 is 0 Å². The molecule has 1 aliphatic rings. The summed E-state index contributed by atoms with van der Waals surface area (Å²) in [5.41, 5.74) is 0. The first-order valence-corrected chi connectivity index (χ1v) is 4.10. The van der Waals surface area contributed by atoms with E-state index in [0.717, 1.165) is 13.1 Å². The largest absolute Gasteiger partial charge is 0.458 e. The Bertz CT molecular complexity index is 143. The van der Waals surface area contributed by atoms with E-state index < -0.39 is 0 Å². The molecule has 12 heavy (non-hydrogen) atoms. The fourth-order valence-corrected chi connectivity index (χ4v) is 1.11. The van der Waals surface area contributed by atoms with Gasteiger partial charge >= 0.3 is 5.97 Å². The van der Waals surface area contributed by atoms with E-state index in [9.17, 15) is 4.79 Å². The predicted octanol–water partition coefficient (Wildman–Crippen LogP) is 0.0435. The fraction of sp³-hybridized carbons (Fsp3) is 0.750. The maximum absolute atomic E-state index is 11.0. The topological polar surface area (TPSA) is 38.8 Å². The SMILES string of the molecule is C[CH]OC(=O)CN1CCOCC1. The van der Waals surface area contributed by atoms with Gasteiger partial charge in [-0.15, -0.1) is 0 Å². The van der Waals surface area contributed by atoms with Gasteiger partial charge in [-0.2, -0.15) is 0 Å². The van der Waals surface area contributed by atoms with E-state index in [2.05, 4.69) is 0 Å². The van der Waals surface area contributed by atoms with Crippen molar-refractivity contribution >= 4 is 5.97 Å². The number of ether oxygens (including phenoxy) is 2. The van der Waals surface area contributed by atoms with Gasteiger partial charge in [-0.1, -0.05) is 0 Å². The maximum Gasteiger partial charge on any atom is 0.320 e. The Balaban J connectivity index is 2.15. The lowest BCUT2D eigenvalue weighted by atomic mass is 10.4. The van der Waals surface area contributed by atoms with Crippen molar-refractivity contribution in [3.8, 4) is 0 Å². The monoisotopic (exact) mass is 172 g/mol. The third-order valence-electron chi connectivity index (χ3n) is 1.71. The summed E-state index contributed by atoms with van der Waals surface area (Å²) in [5, 5.41) is 0. The molecule has 0 aromatic rings. The van der Waals surface area contributed by atoms with E-state index >= 15 is 0 Å². The average molecular weight is 172 g/mol. The van der Waals surface area contributed by atoms with Gasteiger partial charge in [-0.25, -0.2) is 0 Å². The molecule has 0 aromatic heterocycles. The zero-order valence-corrected chi connectivity index (χ0v) is 7.28. The molecule has 1 radical (unpaired) electrons. The molecule has 69 valence electrons. The van der Waals surface area contributed by atoms with Gasteiger partial charge < -0.3 is 9.47 Å². The molecule has 4 heteroatoms. The van der Waals surface area contributed by atoms with Crippen LogP contribution in [0.4, 0.5) is 0 Å². The van der Waals surface area contributed by atoms with Crippen molar-refractivity contribution in [2.45, 2.75) is 6.92 Å². The highest BCUT2D eigenvalue weighted by molar-refractivity contribution is 5.72. The van der Waals surface area contributed by atoms with Crippen molar-refractivity contribution in [3.05, 3.63) is 6.61 Å². The Morgan fingerprint density at radius 1 is 1.58 bits per heavy atom. The predicted molar refractivity (Wildman–Crippen MR) is 43.3 cm³/mol. The molecule has 0 aromatic carbocycles. The quantitative estimate of drug-likeness (QED) is 0.563. The normalized spacial score (nSPS) is 19.1. The van der Waals surface area contributed by atoms with Gasteiger partial charge in [-0.3, -0.25) is 9.69 Å². The molecule has 1 rings (SSSR count). The number of esters is 1. The van der Waals surface area contributed by atoms with Crippen molar-refractivity contribution in [2.24, 2.45) is 0 Å². The van der Waals surface area contributed by atoms with E-state index in [1.807, 2.05) is 4.90 Å². The number of carbonyl (C=O) groups excluding carboxylic acids is 1. The second-order valence-electron chi connectivity index (χ2n) is 2.61. The van der Waals surface area contributed by atoms with Crippen molar-refractivity contribution in [1.29, 1.82) is 0 Å². The van der Waals surface area contributed by atoms with Gasteiger partial charge in [0.2, 0.25) is 0 Å². The number of carbonyl (C=O) groups is 1. The van der Waals surface area contributed by atoms with Gasteiger partial charge in [0.05, 0.1) is 19.8 Å². The van der Waals surface area contributed by atoms with Gasteiger partial charge in [-0.05, 0) is 6.92 Å². The molecule has 0 N–H and O–H groups in total. The molecule has 1 aliphatic heterocycles. The van der Waals surface area contributed by atoms with E-state index in [1.54, 1.807) is 6.92 Å². The zero-order valence-electron chi connectivity index (χ0n) is 7.28. The third kappa shape index (κ3) is 3.19. The van der Waals surface area contributed by atoms with Gasteiger partial charge in [0, 0.05) is 13.1 Å². The molecule has 0 bridgehead atoms. The molecule has 0 saturated carbocycles. The number of hydrogen-bond donors (Lipinski definition) is 0. The van der Waals surface area contributed by atoms with Crippen LogP contribution in [0.5, 0.6) is 0 Å². The van der Waals surface area contributed by atoms with E-state index in [1.165, 1.54) is 6.61 Å². The summed E-state index contributed by atoms with van der Waals surface area (Å²) in [6.07, 6.45) is 0. The van der Waals surface area contributed by atoms with E-state index in [0.29, 0.717) is 19.8 Å². The Kier molecular flexibility index (Phi) is 4.04. The summed E-state index contributed by atoms with van der Waals surface area (Å²) in [4.78, 5) is 13.0. The van der Waals surface area contributed by atoms with E-state index in [-0.39, 0.29) is 5.97 Å². The van der Waals surface area contributed by atoms with Gasteiger partial charge in [0.25, 0.3) is 0 Å². The van der Waals surface area contributed by atoms with Crippen LogP contribution in [0.3, 0.4) is 0 Å². The van der Waals surface area contributed by atoms with Crippen LogP contribution >= 0.6 is 0 Å². The van der Waals surface area contributed by atoms with Crippen molar-refractivity contribution < 1.29 is 14.3 Å². The first-order chi connectivity index (χ1) is 5.83. The maximum atomic E-state index is 11.0. The minimum absolute atomic E-state index is 0.195. The average Bonchev–Trinajstić information content (AvgIpc) is 2.06.